The first-order valence-electron chi connectivity index (χ1n) is 5.47. The fourth-order valence-corrected chi connectivity index (χ4v) is 2.29. The summed E-state index contributed by atoms with van der Waals surface area (Å²) >= 11 is 0. The van der Waals surface area contributed by atoms with E-state index in [2.05, 4.69) is 42.8 Å². The molecule has 1 atom stereocenters. The number of rotatable bonds is 3. The Labute approximate surface area is 95.8 Å². The molecule has 0 fully saturated rings. The van der Waals surface area contributed by atoms with E-state index in [1.165, 1.54) is 22.2 Å². The molecular weight excluding hydrogens is 200 g/mol. The highest BCUT2D eigenvalue weighted by atomic mass is 16.5. The molecule has 1 unspecified atom stereocenters. The van der Waals surface area contributed by atoms with Crippen LogP contribution in [0.4, 0.5) is 0 Å². The van der Waals surface area contributed by atoms with Crippen molar-refractivity contribution in [3.8, 4) is 0 Å². The third-order valence-electron chi connectivity index (χ3n) is 3.27. The van der Waals surface area contributed by atoms with Crippen molar-refractivity contribution in [2.75, 3.05) is 13.7 Å². The SMILES string of the molecule is COC(CN)c1c(C)n(C)c2ccccc12. The molecule has 0 saturated heterocycles. The van der Waals surface area contributed by atoms with Gasteiger partial charge in [0, 0.05) is 42.9 Å². The average Bonchev–Trinajstić information content (AvgIpc) is 2.57. The predicted molar refractivity (Wildman–Crippen MR) is 66.5 cm³/mol. The minimum atomic E-state index is -0.0221. The number of para-hydroxylation sites is 1. The highest BCUT2D eigenvalue weighted by Gasteiger charge is 2.18. The maximum absolute atomic E-state index is 5.75. The van der Waals surface area contributed by atoms with Crippen molar-refractivity contribution in [1.82, 2.24) is 4.57 Å². The first kappa shape index (κ1) is 11.2. The molecule has 0 radical (unpaired) electrons. The van der Waals surface area contributed by atoms with Crippen LogP contribution < -0.4 is 5.73 Å². The van der Waals surface area contributed by atoms with Crippen LogP contribution in [0.2, 0.25) is 0 Å². The van der Waals surface area contributed by atoms with Crippen LogP contribution in [0, 0.1) is 6.92 Å². The molecule has 0 amide bonds. The molecule has 3 nitrogen and oxygen atoms in total. The molecule has 1 aromatic carbocycles. The lowest BCUT2D eigenvalue weighted by atomic mass is 10.1. The first-order valence-corrected chi connectivity index (χ1v) is 5.47. The van der Waals surface area contributed by atoms with Crippen molar-refractivity contribution < 1.29 is 4.74 Å². The van der Waals surface area contributed by atoms with E-state index >= 15 is 0 Å². The van der Waals surface area contributed by atoms with Crippen LogP contribution in [0.25, 0.3) is 10.9 Å². The average molecular weight is 218 g/mol. The van der Waals surface area contributed by atoms with Gasteiger partial charge < -0.3 is 15.0 Å². The van der Waals surface area contributed by atoms with Gasteiger partial charge in [-0.1, -0.05) is 18.2 Å². The molecule has 0 aliphatic heterocycles. The number of aromatic nitrogens is 1. The van der Waals surface area contributed by atoms with E-state index in [-0.39, 0.29) is 6.10 Å². The fourth-order valence-electron chi connectivity index (χ4n) is 2.29. The summed E-state index contributed by atoms with van der Waals surface area (Å²) in [5, 5.41) is 1.24. The van der Waals surface area contributed by atoms with Gasteiger partial charge in [-0.2, -0.15) is 0 Å². The zero-order chi connectivity index (χ0) is 11.7. The second kappa shape index (κ2) is 4.28. The summed E-state index contributed by atoms with van der Waals surface area (Å²) in [4.78, 5) is 0. The summed E-state index contributed by atoms with van der Waals surface area (Å²) < 4.78 is 7.64. The Balaban J connectivity index is 2.72. The molecule has 16 heavy (non-hydrogen) atoms. The molecule has 0 bridgehead atoms. The summed E-state index contributed by atoms with van der Waals surface area (Å²) in [5.41, 5.74) is 9.41. The molecule has 3 heteroatoms. The molecule has 0 spiro atoms. The quantitative estimate of drug-likeness (QED) is 0.857. The van der Waals surface area contributed by atoms with Gasteiger partial charge in [-0.25, -0.2) is 0 Å². The lowest BCUT2D eigenvalue weighted by Crippen LogP contribution is -2.15. The summed E-state index contributed by atoms with van der Waals surface area (Å²) in [5.74, 6) is 0. The summed E-state index contributed by atoms with van der Waals surface area (Å²) in [6.45, 7) is 2.61. The van der Waals surface area contributed by atoms with Crippen LogP contribution in [-0.4, -0.2) is 18.2 Å². The second-order valence-electron chi connectivity index (χ2n) is 4.04. The van der Waals surface area contributed by atoms with Crippen LogP contribution in [0.1, 0.15) is 17.4 Å². The van der Waals surface area contributed by atoms with E-state index in [1.807, 2.05) is 0 Å². The van der Waals surface area contributed by atoms with Gasteiger partial charge in [-0.3, -0.25) is 0 Å². The van der Waals surface area contributed by atoms with Gasteiger partial charge in [-0.05, 0) is 13.0 Å². The number of fused-ring (bicyclic) bond motifs is 1. The number of aryl methyl sites for hydroxylation is 1. The predicted octanol–water partition coefficient (Wildman–Crippen LogP) is 2.13. The number of ether oxygens (including phenoxy) is 1. The molecule has 1 aromatic heterocycles. The molecule has 1 heterocycles. The fraction of sp³-hybridized carbons (Fsp3) is 0.385. The largest absolute Gasteiger partial charge is 0.375 e. The smallest absolute Gasteiger partial charge is 0.0966 e. The zero-order valence-corrected chi connectivity index (χ0v) is 10.0. The van der Waals surface area contributed by atoms with Crippen molar-refractivity contribution in [2.45, 2.75) is 13.0 Å². The van der Waals surface area contributed by atoms with Gasteiger partial charge in [0.1, 0.15) is 0 Å². The first-order chi connectivity index (χ1) is 7.70. The van der Waals surface area contributed by atoms with Gasteiger partial charge in [-0.15, -0.1) is 0 Å². The van der Waals surface area contributed by atoms with Crippen LogP contribution in [0.3, 0.4) is 0 Å². The van der Waals surface area contributed by atoms with Crippen LogP contribution in [0.15, 0.2) is 24.3 Å². The van der Waals surface area contributed by atoms with Gasteiger partial charge in [0.05, 0.1) is 6.10 Å². The maximum Gasteiger partial charge on any atom is 0.0966 e. The number of methoxy groups -OCH3 is 1. The zero-order valence-electron chi connectivity index (χ0n) is 10.0. The normalized spacial score (nSPS) is 13.2. The molecule has 0 saturated carbocycles. The van der Waals surface area contributed by atoms with Crippen molar-refractivity contribution in [3.05, 3.63) is 35.5 Å². The molecule has 0 aliphatic carbocycles. The van der Waals surface area contributed by atoms with Crippen molar-refractivity contribution in [3.63, 3.8) is 0 Å². The van der Waals surface area contributed by atoms with Gasteiger partial charge in [0.2, 0.25) is 0 Å². The summed E-state index contributed by atoms with van der Waals surface area (Å²) in [6.07, 6.45) is -0.0221. The summed E-state index contributed by atoms with van der Waals surface area (Å²) in [6, 6.07) is 8.35. The molecule has 0 aliphatic rings. The summed E-state index contributed by atoms with van der Waals surface area (Å²) in [7, 11) is 3.78. The van der Waals surface area contributed by atoms with Crippen molar-refractivity contribution >= 4 is 10.9 Å². The number of nitrogens with two attached hydrogens (primary N) is 1. The maximum atomic E-state index is 5.75. The van der Waals surface area contributed by atoms with Gasteiger partial charge >= 0.3 is 0 Å². The number of nitrogens with zero attached hydrogens (tertiary/aromatic N) is 1. The van der Waals surface area contributed by atoms with Gasteiger partial charge in [0.15, 0.2) is 0 Å². The lowest BCUT2D eigenvalue weighted by molar-refractivity contribution is 0.111. The Morgan fingerprint density at radius 2 is 2.06 bits per heavy atom. The Morgan fingerprint density at radius 3 is 2.69 bits per heavy atom. The Kier molecular flexibility index (Phi) is 2.99. The third-order valence-corrected chi connectivity index (χ3v) is 3.27. The van der Waals surface area contributed by atoms with E-state index < -0.39 is 0 Å². The highest BCUT2D eigenvalue weighted by Crippen LogP contribution is 2.30. The Bertz CT molecular complexity index is 498. The van der Waals surface area contributed by atoms with Crippen LogP contribution in [-0.2, 0) is 11.8 Å². The van der Waals surface area contributed by atoms with Crippen LogP contribution in [0.5, 0.6) is 0 Å². The molecule has 2 rings (SSSR count). The monoisotopic (exact) mass is 218 g/mol. The van der Waals surface area contributed by atoms with E-state index in [9.17, 15) is 0 Å². The van der Waals surface area contributed by atoms with E-state index in [4.69, 9.17) is 10.5 Å². The molecule has 2 aromatic rings. The van der Waals surface area contributed by atoms with Crippen LogP contribution >= 0.6 is 0 Å². The van der Waals surface area contributed by atoms with Crippen molar-refractivity contribution in [2.24, 2.45) is 12.8 Å². The molecular formula is C13H18N2O. The lowest BCUT2D eigenvalue weighted by Gasteiger charge is -2.13. The van der Waals surface area contributed by atoms with E-state index in [0.717, 1.165) is 0 Å². The topological polar surface area (TPSA) is 40.2 Å². The number of hydrogen-bond acceptors (Lipinski definition) is 2. The van der Waals surface area contributed by atoms with Gasteiger partial charge in [0.25, 0.3) is 0 Å². The Hall–Kier alpha value is -1.32. The Morgan fingerprint density at radius 1 is 1.38 bits per heavy atom. The molecule has 86 valence electrons. The molecule has 2 N–H and O–H groups in total. The standard InChI is InChI=1S/C13H18N2O/c1-9-13(12(8-14)16-3)10-6-4-5-7-11(10)15(9)2/h4-7,12H,8,14H2,1-3H3. The van der Waals surface area contributed by atoms with E-state index in [1.54, 1.807) is 7.11 Å². The second-order valence-corrected chi connectivity index (χ2v) is 4.04. The number of benzene rings is 1. The minimum Gasteiger partial charge on any atom is -0.375 e. The van der Waals surface area contributed by atoms with Crippen molar-refractivity contribution in [1.29, 1.82) is 0 Å². The minimum absolute atomic E-state index is 0.0221. The highest BCUT2D eigenvalue weighted by molar-refractivity contribution is 5.85. The number of hydrogen-bond donors (Lipinski definition) is 1. The van der Waals surface area contributed by atoms with E-state index in [0.29, 0.717) is 6.54 Å². The third kappa shape index (κ3) is 1.52.